The summed E-state index contributed by atoms with van der Waals surface area (Å²) in [6.07, 6.45) is 0. The molecule has 0 spiro atoms. The van der Waals surface area contributed by atoms with Gasteiger partial charge >= 0.3 is 0 Å². The fraction of sp³-hybridized carbons (Fsp3) is 0.214. The fourth-order valence-corrected chi connectivity index (χ4v) is 3.53. The molecule has 0 aliphatic rings. The first kappa shape index (κ1) is 23.3. The summed E-state index contributed by atoms with van der Waals surface area (Å²) in [7, 11) is 0. The molecule has 174 valence electrons. The lowest BCUT2D eigenvalue weighted by molar-refractivity contribution is 0.0946. The van der Waals surface area contributed by atoms with Crippen molar-refractivity contribution >= 4 is 5.91 Å². The van der Waals surface area contributed by atoms with Crippen LogP contribution >= 0.6 is 0 Å². The Morgan fingerprint density at radius 3 is 2.18 bits per heavy atom. The number of nitrogens with zero attached hydrogens (tertiary/aromatic N) is 1. The maximum atomic E-state index is 12.8. The van der Waals surface area contributed by atoms with E-state index in [1.54, 1.807) is 12.1 Å². The zero-order valence-electron chi connectivity index (χ0n) is 19.4. The molecule has 6 nitrogen and oxygen atoms in total. The van der Waals surface area contributed by atoms with Gasteiger partial charge in [-0.2, -0.15) is 0 Å². The Labute approximate surface area is 199 Å². The Hall–Kier alpha value is -3.90. The molecule has 1 N–H and O–H groups in total. The van der Waals surface area contributed by atoms with Crippen LogP contribution in [0.25, 0.3) is 0 Å². The number of carbonyl (C=O) groups is 1. The minimum Gasteiger partial charge on any atom is -0.488 e. The average Bonchev–Trinajstić information content (AvgIpc) is 3.19. The van der Waals surface area contributed by atoms with Gasteiger partial charge in [-0.3, -0.25) is 4.79 Å². The normalized spacial score (nSPS) is 10.8. The lowest BCUT2D eigenvalue weighted by atomic mass is 10.1. The zero-order chi connectivity index (χ0) is 23.8. The first-order chi connectivity index (χ1) is 16.6. The van der Waals surface area contributed by atoms with E-state index in [0.29, 0.717) is 43.4 Å². The smallest absolute Gasteiger partial charge is 0.255 e. The number of aromatic nitrogens is 1. The van der Waals surface area contributed by atoms with Crippen molar-refractivity contribution in [3.63, 3.8) is 0 Å². The monoisotopic (exact) mass is 456 g/mol. The van der Waals surface area contributed by atoms with Crippen LogP contribution < -0.4 is 10.1 Å². The van der Waals surface area contributed by atoms with Crippen LogP contribution in [0.2, 0.25) is 0 Å². The number of aryl methyl sites for hydroxylation is 2. The molecule has 0 fully saturated rings. The average molecular weight is 457 g/mol. The molecule has 3 aromatic carbocycles. The van der Waals surface area contributed by atoms with E-state index < -0.39 is 0 Å². The maximum absolute atomic E-state index is 12.8. The number of ether oxygens (including phenoxy) is 2. The largest absolute Gasteiger partial charge is 0.488 e. The second kappa shape index (κ2) is 11.3. The number of nitrogens with one attached hydrogen (secondary N) is 1. The van der Waals surface area contributed by atoms with E-state index in [1.165, 1.54) is 0 Å². The summed E-state index contributed by atoms with van der Waals surface area (Å²) < 4.78 is 16.9. The van der Waals surface area contributed by atoms with E-state index in [0.717, 1.165) is 27.9 Å². The third-order valence-electron chi connectivity index (χ3n) is 5.54. The highest BCUT2D eigenvalue weighted by Crippen LogP contribution is 2.21. The van der Waals surface area contributed by atoms with Crippen LogP contribution in [0.15, 0.2) is 83.4 Å². The van der Waals surface area contributed by atoms with Crippen molar-refractivity contribution in [3.05, 3.63) is 118 Å². The second-order valence-electron chi connectivity index (χ2n) is 8.07. The molecule has 0 saturated carbocycles. The molecule has 0 radical (unpaired) electrons. The highest BCUT2D eigenvalue weighted by Gasteiger charge is 2.14. The number of hydrogen-bond donors (Lipinski definition) is 1. The van der Waals surface area contributed by atoms with Gasteiger partial charge in [-0.15, -0.1) is 0 Å². The van der Waals surface area contributed by atoms with Gasteiger partial charge in [-0.05, 0) is 42.7 Å². The molecule has 0 aliphatic heterocycles. The standard InChI is InChI=1S/C28H28N2O4/c1-20-26(21(2)34-30-20)19-33-27-11-7-6-10-25(27)28(31)29-16-22-12-14-24(15-13-22)18-32-17-23-8-4-3-5-9-23/h3-15H,16-19H2,1-2H3,(H,29,31). The van der Waals surface area contributed by atoms with Crippen molar-refractivity contribution in [2.45, 2.75) is 40.2 Å². The highest BCUT2D eigenvalue weighted by molar-refractivity contribution is 5.96. The lowest BCUT2D eigenvalue weighted by Crippen LogP contribution is -2.23. The van der Waals surface area contributed by atoms with Gasteiger partial charge in [0.25, 0.3) is 5.91 Å². The van der Waals surface area contributed by atoms with Crippen LogP contribution in [-0.2, 0) is 31.1 Å². The van der Waals surface area contributed by atoms with Gasteiger partial charge in [-0.1, -0.05) is 71.9 Å². The van der Waals surface area contributed by atoms with E-state index in [4.69, 9.17) is 14.0 Å². The zero-order valence-corrected chi connectivity index (χ0v) is 19.4. The summed E-state index contributed by atoms with van der Waals surface area (Å²) in [5, 5.41) is 6.92. The van der Waals surface area contributed by atoms with Crippen molar-refractivity contribution in [1.29, 1.82) is 0 Å². The molecule has 6 heteroatoms. The van der Waals surface area contributed by atoms with E-state index >= 15 is 0 Å². The molecule has 0 aliphatic carbocycles. The van der Waals surface area contributed by atoms with Gasteiger partial charge < -0.3 is 19.3 Å². The SMILES string of the molecule is Cc1noc(C)c1COc1ccccc1C(=O)NCc1ccc(COCc2ccccc2)cc1. The topological polar surface area (TPSA) is 73.6 Å². The van der Waals surface area contributed by atoms with Crippen LogP contribution in [0.1, 0.15) is 44.1 Å². The number of para-hydroxylation sites is 1. The van der Waals surface area contributed by atoms with Crippen LogP contribution in [0, 0.1) is 13.8 Å². The van der Waals surface area contributed by atoms with Crippen molar-refractivity contribution in [1.82, 2.24) is 10.5 Å². The minimum absolute atomic E-state index is 0.190. The van der Waals surface area contributed by atoms with E-state index in [9.17, 15) is 4.79 Å². The van der Waals surface area contributed by atoms with Crippen LogP contribution in [0.3, 0.4) is 0 Å². The first-order valence-corrected chi connectivity index (χ1v) is 11.2. The molecule has 0 atom stereocenters. The van der Waals surface area contributed by atoms with Crippen molar-refractivity contribution in [2.75, 3.05) is 0 Å². The predicted molar refractivity (Wildman–Crippen MR) is 129 cm³/mol. The lowest BCUT2D eigenvalue weighted by Gasteiger charge is -2.12. The molecular weight excluding hydrogens is 428 g/mol. The van der Waals surface area contributed by atoms with Gasteiger partial charge in [0.05, 0.1) is 30.0 Å². The van der Waals surface area contributed by atoms with Crippen LogP contribution in [0.4, 0.5) is 0 Å². The third kappa shape index (κ3) is 6.11. The van der Waals surface area contributed by atoms with Gasteiger partial charge in [0.15, 0.2) is 0 Å². The van der Waals surface area contributed by atoms with Crippen molar-refractivity contribution in [2.24, 2.45) is 0 Å². The number of amides is 1. The summed E-state index contributed by atoms with van der Waals surface area (Å²) in [5.41, 5.74) is 5.41. The van der Waals surface area contributed by atoms with Gasteiger partial charge in [0.2, 0.25) is 0 Å². The molecule has 0 unspecified atom stereocenters. The molecule has 4 aromatic rings. The molecule has 0 bridgehead atoms. The van der Waals surface area contributed by atoms with Crippen LogP contribution in [-0.4, -0.2) is 11.1 Å². The number of hydrogen-bond acceptors (Lipinski definition) is 5. The molecule has 1 aromatic heterocycles. The second-order valence-corrected chi connectivity index (χ2v) is 8.07. The Bertz CT molecular complexity index is 1200. The quantitative estimate of drug-likeness (QED) is 0.340. The minimum atomic E-state index is -0.190. The third-order valence-corrected chi connectivity index (χ3v) is 5.54. The van der Waals surface area contributed by atoms with Crippen molar-refractivity contribution < 1.29 is 18.8 Å². The summed E-state index contributed by atoms with van der Waals surface area (Å²) >= 11 is 0. The van der Waals surface area contributed by atoms with E-state index in [-0.39, 0.29) is 5.91 Å². The van der Waals surface area contributed by atoms with Crippen LogP contribution in [0.5, 0.6) is 5.75 Å². The summed E-state index contributed by atoms with van der Waals surface area (Å²) in [5.74, 6) is 1.05. The molecule has 1 amide bonds. The molecular formula is C28H28N2O4. The number of benzene rings is 3. The van der Waals surface area contributed by atoms with E-state index in [2.05, 4.69) is 10.5 Å². The summed E-state index contributed by atoms with van der Waals surface area (Å²) in [6.45, 7) is 5.54. The Morgan fingerprint density at radius 2 is 1.47 bits per heavy atom. The predicted octanol–water partition coefficient (Wildman–Crippen LogP) is 5.52. The Balaban J connectivity index is 1.29. The molecule has 34 heavy (non-hydrogen) atoms. The number of carbonyl (C=O) groups excluding carboxylic acids is 1. The fourth-order valence-electron chi connectivity index (χ4n) is 3.53. The molecule has 4 rings (SSSR count). The Morgan fingerprint density at radius 1 is 0.824 bits per heavy atom. The number of rotatable bonds is 10. The van der Waals surface area contributed by atoms with E-state index in [1.807, 2.05) is 80.6 Å². The van der Waals surface area contributed by atoms with Gasteiger partial charge in [-0.25, -0.2) is 0 Å². The summed E-state index contributed by atoms with van der Waals surface area (Å²) in [6, 6.07) is 25.4. The van der Waals surface area contributed by atoms with Crippen molar-refractivity contribution in [3.8, 4) is 5.75 Å². The first-order valence-electron chi connectivity index (χ1n) is 11.2. The van der Waals surface area contributed by atoms with Gasteiger partial charge in [0, 0.05) is 6.54 Å². The highest BCUT2D eigenvalue weighted by atomic mass is 16.5. The Kier molecular flexibility index (Phi) is 7.73. The summed E-state index contributed by atoms with van der Waals surface area (Å²) in [4.78, 5) is 12.8. The van der Waals surface area contributed by atoms with Gasteiger partial charge in [0.1, 0.15) is 18.1 Å². The molecule has 1 heterocycles. The maximum Gasteiger partial charge on any atom is 0.255 e. The molecule has 0 saturated heterocycles.